The van der Waals surface area contributed by atoms with E-state index in [-0.39, 0.29) is 11.3 Å². The summed E-state index contributed by atoms with van der Waals surface area (Å²) in [6.07, 6.45) is 1.48. The fourth-order valence-corrected chi connectivity index (χ4v) is 3.96. The van der Waals surface area contributed by atoms with Gasteiger partial charge in [0, 0.05) is 11.3 Å². The van der Waals surface area contributed by atoms with Crippen molar-refractivity contribution >= 4 is 23.1 Å². The van der Waals surface area contributed by atoms with Gasteiger partial charge in [-0.1, -0.05) is 18.2 Å². The lowest BCUT2D eigenvalue weighted by molar-refractivity contribution is -0.132. The van der Waals surface area contributed by atoms with Gasteiger partial charge in [0.2, 0.25) is 0 Å². The van der Waals surface area contributed by atoms with E-state index in [4.69, 9.17) is 9.15 Å². The van der Waals surface area contributed by atoms with E-state index in [1.165, 1.54) is 11.2 Å². The van der Waals surface area contributed by atoms with Crippen LogP contribution in [-0.2, 0) is 9.59 Å². The van der Waals surface area contributed by atoms with Crippen LogP contribution in [-0.4, -0.2) is 23.4 Å². The summed E-state index contributed by atoms with van der Waals surface area (Å²) in [7, 11) is 0. The van der Waals surface area contributed by atoms with Crippen molar-refractivity contribution < 1.29 is 23.8 Å². The number of ketones is 1. The van der Waals surface area contributed by atoms with Crippen molar-refractivity contribution in [2.45, 2.75) is 26.8 Å². The van der Waals surface area contributed by atoms with Gasteiger partial charge in [0.05, 0.1) is 18.4 Å². The van der Waals surface area contributed by atoms with E-state index in [0.29, 0.717) is 29.4 Å². The Morgan fingerprint density at radius 3 is 2.45 bits per heavy atom. The summed E-state index contributed by atoms with van der Waals surface area (Å²) in [5, 5.41) is 11.1. The van der Waals surface area contributed by atoms with Gasteiger partial charge >= 0.3 is 0 Å². The van der Waals surface area contributed by atoms with Crippen molar-refractivity contribution in [1.82, 2.24) is 0 Å². The first-order chi connectivity index (χ1) is 14.9. The van der Waals surface area contributed by atoms with Gasteiger partial charge in [0.15, 0.2) is 0 Å². The highest BCUT2D eigenvalue weighted by atomic mass is 16.5. The number of rotatable bonds is 5. The summed E-state index contributed by atoms with van der Waals surface area (Å²) >= 11 is 0. The molecule has 1 saturated heterocycles. The third kappa shape index (κ3) is 3.72. The fraction of sp³-hybridized carbons (Fsp3) is 0.200. The minimum atomic E-state index is -0.882. The lowest BCUT2D eigenvalue weighted by atomic mass is 9.99. The van der Waals surface area contributed by atoms with Crippen LogP contribution in [0.3, 0.4) is 0 Å². The largest absolute Gasteiger partial charge is 0.507 e. The molecule has 1 aromatic heterocycles. The lowest BCUT2D eigenvalue weighted by Gasteiger charge is -2.24. The summed E-state index contributed by atoms with van der Waals surface area (Å²) in [5.74, 6) is -0.799. The van der Waals surface area contributed by atoms with Crippen LogP contribution in [0.2, 0.25) is 0 Å². The van der Waals surface area contributed by atoms with Crippen LogP contribution in [0.15, 0.2) is 70.9 Å². The van der Waals surface area contributed by atoms with Crippen LogP contribution in [0, 0.1) is 13.8 Å². The third-order valence-electron chi connectivity index (χ3n) is 5.16. The van der Waals surface area contributed by atoms with Gasteiger partial charge in [-0.25, -0.2) is 0 Å². The average Bonchev–Trinajstić information content (AvgIpc) is 3.34. The van der Waals surface area contributed by atoms with Crippen molar-refractivity contribution in [3.8, 4) is 5.75 Å². The zero-order valence-electron chi connectivity index (χ0n) is 17.6. The second kappa shape index (κ2) is 8.14. The smallest absolute Gasteiger partial charge is 0.300 e. The van der Waals surface area contributed by atoms with Crippen molar-refractivity contribution in [2.75, 3.05) is 11.5 Å². The molecule has 0 bridgehead atoms. The van der Waals surface area contributed by atoms with Crippen LogP contribution < -0.4 is 9.64 Å². The fourth-order valence-electron chi connectivity index (χ4n) is 3.96. The molecular weight excluding hydrogens is 394 g/mol. The molecule has 0 spiro atoms. The predicted octanol–water partition coefficient (Wildman–Crippen LogP) is 4.92. The maximum atomic E-state index is 13.1. The van der Waals surface area contributed by atoms with Crippen LogP contribution in [0.5, 0.6) is 5.75 Å². The van der Waals surface area contributed by atoms with E-state index in [9.17, 15) is 14.7 Å². The van der Waals surface area contributed by atoms with E-state index in [2.05, 4.69) is 0 Å². The molecule has 0 aliphatic carbocycles. The maximum absolute atomic E-state index is 13.1. The number of carbonyl (C=O) groups is 2. The Kier molecular flexibility index (Phi) is 5.38. The number of ether oxygens (including phenoxy) is 1. The van der Waals surface area contributed by atoms with Gasteiger partial charge < -0.3 is 14.3 Å². The molecule has 6 heteroatoms. The van der Waals surface area contributed by atoms with Crippen molar-refractivity contribution in [2.24, 2.45) is 0 Å². The number of furan rings is 1. The van der Waals surface area contributed by atoms with Gasteiger partial charge in [-0.3, -0.25) is 14.5 Å². The topological polar surface area (TPSA) is 80.0 Å². The predicted molar refractivity (Wildman–Crippen MR) is 117 cm³/mol. The summed E-state index contributed by atoms with van der Waals surface area (Å²) < 4.78 is 11.1. The number of benzene rings is 2. The molecule has 31 heavy (non-hydrogen) atoms. The summed E-state index contributed by atoms with van der Waals surface area (Å²) in [4.78, 5) is 27.6. The Morgan fingerprint density at radius 2 is 1.81 bits per heavy atom. The van der Waals surface area contributed by atoms with Crippen LogP contribution in [0.1, 0.15) is 35.4 Å². The van der Waals surface area contributed by atoms with E-state index < -0.39 is 17.7 Å². The monoisotopic (exact) mass is 417 g/mol. The molecule has 1 aliphatic rings. The summed E-state index contributed by atoms with van der Waals surface area (Å²) in [6, 6.07) is 15.0. The Bertz CT molecular complexity index is 1160. The average molecular weight is 417 g/mol. The molecule has 6 nitrogen and oxygen atoms in total. The molecule has 1 fully saturated rings. The SMILES string of the molecule is CCOc1cccc(/C(O)=C2/C(=O)C(=O)N(c3cc(C)cc(C)c3)C2c2ccco2)c1. The molecule has 2 aromatic carbocycles. The summed E-state index contributed by atoms with van der Waals surface area (Å²) in [6.45, 7) is 6.18. The second-order valence-corrected chi connectivity index (χ2v) is 7.49. The molecule has 1 N–H and O–H groups in total. The van der Waals surface area contributed by atoms with Gasteiger partial charge in [-0.2, -0.15) is 0 Å². The Morgan fingerprint density at radius 1 is 1.06 bits per heavy atom. The number of amides is 1. The molecular formula is C25H23NO5. The molecule has 1 amide bonds. The van der Waals surface area contributed by atoms with Gasteiger partial charge in [-0.15, -0.1) is 0 Å². The first kappa shape index (κ1) is 20.5. The number of carbonyl (C=O) groups excluding carboxylic acids is 2. The standard InChI is InChI=1S/C25H23NO5/c1-4-30-19-8-5-7-17(14-19)23(27)21-22(20-9-6-10-31-20)26(25(29)24(21)28)18-12-15(2)11-16(3)13-18/h5-14,22,27H,4H2,1-3H3/b23-21-. The number of aliphatic hydroxyl groups excluding tert-OH is 1. The summed E-state index contributed by atoms with van der Waals surface area (Å²) in [5.41, 5.74) is 2.86. The molecule has 0 radical (unpaired) electrons. The highest BCUT2D eigenvalue weighted by molar-refractivity contribution is 6.51. The first-order valence-corrected chi connectivity index (χ1v) is 10.1. The number of nitrogens with zero attached hydrogens (tertiary/aromatic N) is 1. The Labute approximate surface area is 180 Å². The molecule has 1 aliphatic heterocycles. The molecule has 3 aromatic rings. The highest BCUT2D eigenvalue weighted by Gasteiger charge is 2.48. The molecule has 2 heterocycles. The van der Waals surface area contributed by atoms with E-state index in [1.54, 1.807) is 36.4 Å². The molecule has 1 atom stereocenters. The molecule has 0 saturated carbocycles. The lowest BCUT2D eigenvalue weighted by Crippen LogP contribution is -2.29. The third-order valence-corrected chi connectivity index (χ3v) is 5.16. The number of anilines is 1. The maximum Gasteiger partial charge on any atom is 0.300 e. The number of Topliss-reactive ketones (excluding diaryl/α,β-unsaturated/α-hetero) is 1. The minimum absolute atomic E-state index is 0.0206. The Hall–Kier alpha value is -3.80. The van der Waals surface area contributed by atoms with E-state index >= 15 is 0 Å². The first-order valence-electron chi connectivity index (χ1n) is 10.1. The second-order valence-electron chi connectivity index (χ2n) is 7.49. The molecule has 1 unspecified atom stereocenters. The van der Waals surface area contributed by atoms with E-state index in [0.717, 1.165) is 11.1 Å². The van der Waals surface area contributed by atoms with Crippen LogP contribution >= 0.6 is 0 Å². The Balaban J connectivity index is 1.91. The minimum Gasteiger partial charge on any atom is -0.507 e. The van der Waals surface area contributed by atoms with Gasteiger partial charge in [0.1, 0.15) is 23.3 Å². The normalized spacial score (nSPS) is 17.9. The zero-order chi connectivity index (χ0) is 22.1. The van der Waals surface area contributed by atoms with Gasteiger partial charge in [-0.05, 0) is 68.3 Å². The zero-order valence-corrected chi connectivity index (χ0v) is 17.6. The van der Waals surface area contributed by atoms with Crippen LogP contribution in [0.25, 0.3) is 5.76 Å². The van der Waals surface area contributed by atoms with Crippen molar-refractivity contribution in [1.29, 1.82) is 0 Å². The quantitative estimate of drug-likeness (QED) is 0.362. The van der Waals surface area contributed by atoms with E-state index in [1.807, 2.05) is 39.0 Å². The van der Waals surface area contributed by atoms with Crippen LogP contribution in [0.4, 0.5) is 5.69 Å². The molecule has 158 valence electrons. The van der Waals surface area contributed by atoms with Crippen molar-refractivity contribution in [3.05, 3.63) is 88.9 Å². The number of hydrogen-bond acceptors (Lipinski definition) is 5. The van der Waals surface area contributed by atoms with Gasteiger partial charge in [0.25, 0.3) is 11.7 Å². The number of aliphatic hydroxyl groups is 1. The number of hydrogen-bond donors (Lipinski definition) is 1. The highest BCUT2D eigenvalue weighted by Crippen LogP contribution is 2.42. The molecule has 4 rings (SSSR count). The van der Waals surface area contributed by atoms with Crippen molar-refractivity contribution in [3.63, 3.8) is 0 Å². The number of aryl methyl sites for hydroxylation is 2.